The first-order chi connectivity index (χ1) is 3.68. The zero-order valence-electron chi connectivity index (χ0n) is 4.06. The summed E-state index contributed by atoms with van der Waals surface area (Å²) < 4.78 is 0. The molecule has 0 aliphatic heterocycles. The molecule has 0 heterocycles. The van der Waals surface area contributed by atoms with Gasteiger partial charge in [-0.25, -0.2) is 4.79 Å². The molecular weight excluding hydrogens is 192 g/mol. The lowest BCUT2D eigenvalue weighted by Crippen LogP contribution is -2.09. The minimum atomic E-state index is -0.987. The Morgan fingerprint density at radius 1 is 1.75 bits per heavy atom. The van der Waals surface area contributed by atoms with Crippen molar-refractivity contribution in [2.45, 2.75) is 6.42 Å². The van der Waals surface area contributed by atoms with Crippen LogP contribution in [0.3, 0.4) is 0 Å². The molecule has 0 unspecified atom stereocenters. The van der Waals surface area contributed by atoms with Crippen LogP contribution < -0.4 is 0 Å². The van der Waals surface area contributed by atoms with Gasteiger partial charge in [0.05, 0.1) is 0 Å². The number of carboxylic acid groups (broad SMARTS) is 1. The van der Waals surface area contributed by atoms with Gasteiger partial charge in [0.25, 0.3) is 0 Å². The van der Waals surface area contributed by atoms with Gasteiger partial charge in [-0.3, -0.25) is 0 Å². The number of aliphatic carboxylic acids is 1. The van der Waals surface area contributed by atoms with Crippen LogP contribution in [0.1, 0.15) is 6.42 Å². The molecule has 0 bridgehead atoms. The maximum Gasteiger partial charge on any atom is 0.342 e. The monoisotopic (exact) mass is 196 g/mol. The molecule has 1 N–H and O–H groups in total. The van der Waals surface area contributed by atoms with E-state index in [1.54, 1.807) is 0 Å². The number of thiocarbonyl (C=S) groups is 1. The number of hydrogen-bond donors (Lipinski definition) is 1. The quantitative estimate of drug-likeness (QED) is 0.546. The summed E-state index contributed by atoms with van der Waals surface area (Å²) >= 11 is 7.51. The number of halogens is 1. The van der Waals surface area contributed by atoms with Crippen molar-refractivity contribution in [3.63, 3.8) is 0 Å². The van der Waals surface area contributed by atoms with Crippen LogP contribution in [0.15, 0.2) is 0 Å². The van der Waals surface area contributed by atoms with Crippen molar-refractivity contribution in [2.24, 2.45) is 0 Å². The van der Waals surface area contributed by atoms with Crippen LogP contribution in [0.25, 0.3) is 0 Å². The highest BCUT2D eigenvalue weighted by Gasteiger charge is 2.02. The number of hydrogen-bond acceptors (Lipinski definition) is 2. The first-order valence-corrected chi connectivity index (χ1v) is 3.53. The Bertz CT molecular complexity index is 113. The molecule has 0 saturated heterocycles. The molecule has 0 amide bonds. The molecule has 2 nitrogen and oxygen atoms in total. The zero-order valence-corrected chi connectivity index (χ0v) is 6.46. The molecule has 0 saturated carbocycles. The van der Waals surface area contributed by atoms with E-state index in [1.165, 1.54) is 0 Å². The molecule has 0 fully saturated rings. The highest BCUT2D eigenvalue weighted by Crippen LogP contribution is 1.91. The van der Waals surface area contributed by atoms with E-state index in [0.717, 1.165) is 0 Å². The van der Waals surface area contributed by atoms with Crippen molar-refractivity contribution >= 4 is 39.0 Å². The van der Waals surface area contributed by atoms with Gasteiger partial charge in [0.15, 0.2) is 0 Å². The molecule has 0 aromatic heterocycles. The maximum atomic E-state index is 9.93. The van der Waals surface area contributed by atoms with Crippen LogP contribution in [-0.4, -0.2) is 21.3 Å². The molecule has 0 radical (unpaired) electrons. The SMILES string of the molecule is O=C(O)C(=S)CCBr. The van der Waals surface area contributed by atoms with Crippen LogP contribution in [0.5, 0.6) is 0 Å². The second-order valence-electron chi connectivity index (χ2n) is 1.17. The van der Waals surface area contributed by atoms with Gasteiger partial charge in [-0.1, -0.05) is 28.1 Å². The smallest absolute Gasteiger partial charge is 0.342 e. The van der Waals surface area contributed by atoms with Crippen LogP contribution in [0.4, 0.5) is 0 Å². The van der Waals surface area contributed by atoms with Crippen LogP contribution in [-0.2, 0) is 4.79 Å². The van der Waals surface area contributed by atoms with Crippen molar-refractivity contribution in [1.82, 2.24) is 0 Å². The molecule has 46 valence electrons. The molecular formula is C4H5BrO2S. The second-order valence-corrected chi connectivity index (χ2v) is 2.45. The standard InChI is InChI=1S/C4H5BrO2S/c5-2-1-3(8)4(6)7/h1-2H2,(H,6,7). The van der Waals surface area contributed by atoms with Gasteiger partial charge in [-0.2, -0.15) is 0 Å². The molecule has 0 aliphatic rings. The van der Waals surface area contributed by atoms with Gasteiger partial charge in [-0.15, -0.1) is 0 Å². The third-order valence-electron chi connectivity index (χ3n) is 0.560. The van der Waals surface area contributed by atoms with Crippen LogP contribution >= 0.6 is 28.1 Å². The largest absolute Gasteiger partial charge is 0.477 e. The number of rotatable bonds is 3. The Labute approximate surface area is 61.0 Å². The average Bonchev–Trinajstić information content (AvgIpc) is 1.67. The Balaban J connectivity index is 3.49. The molecule has 0 spiro atoms. The lowest BCUT2D eigenvalue weighted by Gasteiger charge is -1.88. The fraction of sp³-hybridized carbons (Fsp3) is 0.500. The molecule has 0 rings (SSSR count). The van der Waals surface area contributed by atoms with E-state index >= 15 is 0 Å². The summed E-state index contributed by atoms with van der Waals surface area (Å²) in [5.41, 5.74) is 0. The van der Waals surface area contributed by atoms with E-state index in [-0.39, 0.29) is 4.86 Å². The number of carboxylic acids is 1. The summed E-state index contributed by atoms with van der Waals surface area (Å²) in [5, 5.41) is 8.77. The van der Waals surface area contributed by atoms with E-state index in [0.29, 0.717) is 11.8 Å². The molecule has 0 aromatic carbocycles. The van der Waals surface area contributed by atoms with Gasteiger partial charge in [0.2, 0.25) is 0 Å². The lowest BCUT2D eigenvalue weighted by atomic mass is 10.3. The van der Waals surface area contributed by atoms with E-state index in [1.807, 2.05) is 0 Å². The summed E-state index contributed by atoms with van der Waals surface area (Å²) in [6.07, 6.45) is 0.435. The fourth-order valence-electron chi connectivity index (χ4n) is 0.193. The third-order valence-corrected chi connectivity index (χ3v) is 1.34. The van der Waals surface area contributed by atoms with Gasteiger partial charge in [-0.05, 0) is 6.42 Å². The highest BCUT2D eigenvalue weighted by molar-refractivity contribution is 9.09. The van der Waals surface area contributed by atoms with Crippen molar-refractivity contribution in [3.05, 3.63) is 0 Å². The molecule has 8 heavy (non-hydrogen) atoms. The number of carbonyl (C=O) groups is 1. The molecule has 4 heteroatoms. The van der Waals surface area contributed by atoms with Crippen molar-refractivity contribution < 1.29 is 9.90 Å². The van der Waals surface area contributed by atoms with Gasteiger partial charge >= 0.3 is 5.97 Å². The first-order valence-electron chi connectivity index (χ1n) is 2.00. The topological polar surface area (TPSA) is 37.3 Å². The predicted molar refractivity (Wildman–Crippen MR) is 38.6 cm³/mol. The number of alkyl halides is 1. The Morgan fingerprint density at radius 3 is 2.38 bits per heavy atom. The maximum absolute atomic E-state index is 9.93. The van der Waals surface area contributed by atoms with Crippen molar-refractivity contribution in [3.8, 4) is 0 Å². The van der Waals surface area contributed by atoms with E-state index in [2.05, 4.69) is 28.1 Å². The summed E-state index contributed by atoms with van der Waals surface area (Å²) in [5.74, 6) is -0.987. The van der Waals surface area contributed by atoms with Crippen LogP contribution in [0.2, 0.25) is 0 Å². The summed E-state index contributed by atoms with van der Waals surface area (Å²) in [7, 11) is 0. The average molecular weight is 197 g/mol. The normalized spacial score (nSPS) is 8.62. The Kier molecular flexibility index (Phi) is 3.99. The van der Waals surface area contributed by atoms with Crippen molar-refractivity contribution in [2.75, 3.05) is 5.33 Å². The minimum absolute atomic E-state index is 0.0851. The second kappa shape index (κ2) is 3.97. The summed E-state index contributed by atoms with van der Waals surface area (Å²) in [4.78, 5) is 10.0. The fourth-order valence-corrected chi connectivity index (χ4v) is 0.954. The van der Waals surface area contributed by atoms with E-state index < -0.39 is 5.97 Å². The van der Waals surface area contributed by atoms with Gasteiger partial charge < -0.3 is 5.11 Å². The Morgan fingerprint density at radius 2 is 2.25 bits per heavy atom. The van der Waals surface area contributed by atoms with E-state index in [9.17, 15) is 4.79 Å². The van der Waals surface area contributed by atoms with Gasteiger partial charge in [0.1, 0.15) is 4.86 Å². The molecule has 0 aromatic rings. The zero-order chi connectivity index (χ0) is 6.57. The first kappa shape index (κ1) is 8.04. The van der Waals surface area contributed by atoms with E-state index in [4.69, 9.17) is 5.11 Å². The summed E-state index contributed by atoms with van der Waals surface area (Å²) in [6.45, 7) is 0. The lowest BCUT2D eigenvalue weighted by molar-refractivity contribution is -0.129. The Hall–Kier alpha value is 0.0400. The molecule has 0 aliphatic carbocycles. The minimum Gasteiger partial charge on any atom is -0.477 e. The third kappa shape index (κ3) is 3.10. The molecule has 0 atom stereocenters. The predicted octanol–water partition coefficient (Wildman–Crippen LogP) is 1.23. The summed E-state index contributed by atoms with van der Waals surface area (Å²) in [6, 6.07) is 0. The van der Waals surface area contributed by atoms with Gasteiger partial charge in [0, 0.05) is 5.33 Å². The van der Waals surface area contributed by atoms with Crippen molar-refractivity contribution in [1.29, 1.82) is 0 Å². The van der Waals surface area contributed by atoms with Crippen LogP contribution in [0, 0.1) is 0 Å². The highest BCUT2D eigenvalue weighted by atomic mass is 79.9.